The van der Waals surface area contributed by atoms with Crippen molar-refractivity contribution in [1.82, 2.24) is 0 Å². The number of halogens is 2. The molecule has 92 valence electrons. The van der Waals surface area contributed by atoms with Crippen LogP contribution in [0.15, 0.2) is 48.5 Å². The van der Waals surface area contributed by atoms with Crippen LogP contribution in [-0.2, 0) is 0 Å². The van der Waals surface area contributed by atoms with Gasteiger partial charge in [0.2, 0.25) is 0 Å². The van der Waals surface area contributed by atoms with Crippen molar-refractivity contribution >= 4 is 5.97 Å². The first-order valence-electron chi connectivity index (χ1n) is 5.30. The van der Waals surface area contributed by atoms with E-state index in [1.165, 1.54) is 12.1 Å². The molecule has 0 amide bonds. The molecule has 1 N–H and O–H groups in total. The fraction of sp³-hybridized carbons (Fsp3) is 0.0714. The van der Waals surface area contributed by atoms with Gasteiger partial charge in [-0.05, 0) is 23.3 Å². The predicted molar refractivity (Wildman–Crippen MR) is 63.8 cm³/mol. The maximum absolute atomic E-state index is 12.9. The molecule has 0 heterocycles. The zero-order valence-electron chi connectivity index (χ0n) is 9.31. The van der Waals surface area contributed by atoms with Crippen LogP contribution in [0.1, 0.15) is 22.3 Å². The number of benzene rings is 2. The van der Waals surface area contributed by atoms with Gasteiger partial charge in [0.25, 0.3) is 6.43 Å². The molecule has 0 spiro atoms. The molecule has 0 saturated heterocycles. The molecule has 18 heavy (non-hydrogen) atoms. The summed E-state index contributed by atoms with van der Waals surface area (Å²) in [6.45, 7) is 0. The summed E-state index contributed by atoms with van der Waals surface area (Å²) >= 11 is 0. The highest BCUT2D eigenvalue weighted by Crippen LogP contribution is 2.31. The van der Waals surface area contributed by atoms with E-state index in [1.54, 1.807) is 30.3 Å². The van der Waals surface area contributed by atoms with Crippen LogP contribution >= 0.6 is 0 Å². The first kappa shape index (κ1) is 12.2. The quantitative estimate of drug-likeness (QED) is 0.891. The molecule has 0 bridgehead atoms. The van der Waals surface area contributed by atoms with E-state index in [4.69, 9.17) is 5.11 Å². The molecular formula is C14H10F2O2. The van der Waals surface area contributed by atoms with Crippen molar-refractivity contribution in [2.45, 2.75) is 6.43 Å². The van der Waals surface area contributed by atoms with E-state index in [9.17, 15) is 13.6 Å². The first-order valence-corrected chi connectivity index (χ1v) is 5.30. The number of hydrogen-bond acceptors (Lipinski definition) is 1. The van der Waals surface area contributed by atoms with Crippen molar-refractivity contribution in [1.29, 1.82) is 0 Å². The molecule has 2 aromatic carbocycles. The Balaban J connectivity index is 2.61. The van der Waals surface area contributed by atoms with Crippen molar-refractivity contribution in [2.24, 2.45) is 0 Å². The van der Waals surface area contributed by atoms with Gasteiger partial charge in [0, 0.05) is 5.56 Å². The maximum Gasteiger partial charge on any atom is 0.335 e. The lowest BCUT2D eigenvalue weighted by atomic mass is 9.97. The van der Waals surface area contributed by atoms with Crippen molar-refractivity contribution in [3.63, 3.8) is 0 Å². The van der Waals surface area contributed by atoms with E-state index in [-0.39, 0.29) is 16.7 Å². The standard InChI is InChI=1S/C14H10F2O2/c15-13(16)11-7-6-10(14(17)18)8-12(11)9-4-2-1-3-5-9/h1-8,13H,(H,17,18). The molecule has 0 unspecified atom stereocenters. The van der Waals surface area contributed by atoms with Crippen LogP contribution in [0.5, 0.6) is 0 Å². The lowest BCUT2D eigenvalue weighted by Crippen LogP contribution is -1.99. The molecule has 2 rings (SSSR count). The van der Waals surface area contributed by atoms with Crippen molar-refractivity contribution in [3.05, 3.63) is 59.7 Å². The normalized spacial score (nSPS) is 10.6. The van der Waals surface area contributed by atoms with Crippen molar-refractivity contribution in [2.75, 3.05) is 0 Å². The SMILES string of the molecule is O=C(O)c1ccc(C(F)F)c(-c2ccccc2)c1. The number of carboxylic acid groups (broad SMARTS) is 1. The molecule has 2 nitrogen and oxygen atoms in total. The molecule has 0 atom stereocenters. The third-order valence-electron chi connectivity index (χ3n) is 2.62. The second-order valence-corrected chi connectivity index (χ2v) is 3.77. The third kappa shape index (κ3) is 2.37. The average Bonchev–Trinajstić information content (AvgIpc) is 2.39. The predicted octanol–water partition coefficient (Wildman–Crippen LogP) is 3.99. The van der Waals surface area contributed by atoms with Gasteiger partial charge in [-0.25, -0.2) is 13.6 Å². The second kappa shape index (κ2) is 4.96. The van der Waals surface area contributed by atoms with Crippen molar-refractivity contribution in [3.8, 4) is 11.1 Å². The lowest BCUT2D eigenvalue weighted by molar-refractivity contribution is 0.0696. The van der Waals surface area contributed by atoms with E-state index >= 15 is 0 Å². The van der Waals surface area contributed by atoms with Crippen molar-refractivity contribution < 1.29 is 18.7 Å². The number of aromatic carboxylic acids is 1. The Morgan fingerprint density at radius 1 is 1.06 bits per heavy atom. The van der Waals surface area contributed by atoms with Gasteiger partial charge in [-0.15, -0.1) is 0 Å². The van der Waals surface area contributed by atoms with Crippen LogP contribution in [-0.4, -0.2) is 11.1 Å². The Kier molecular flexibility index (Phi) is 3.37. The Morgan fingerprint density at radius 3 is 2.28 bits per heavy atom. The van der Waals surface area contributed by atoms with Crippen LogP contribution in [0.2, 0.25) is 0 Å². The molecule has 0 aliphatic carbocycles. The Labute approximate surface area is 103 Å². The monoisotopic (exact) mass is 248 g/mol. The molecule has 4 heteroatoms. The summed E-state index contributed by atoms with van der Waals surface area (Å²) in [6, 6.07) is 12.2. The van der Waals surface area contributed by atoms with Gasteiger partial charge in [0.05, 0.1) is 5.56 Å². The highest BCUT2D eigenvalue weighted by Gasteiger charge is 2.16. The van der Waals surface area contributed by atoms with Crippen LogP contribution in [0.3, 0.4) is 0 Å². The van der Waals surface area contributed by atoms with Gasteiger partial charge in [-0.2, -0.15) is 0 Å². The molecule has 0 fully saturated rings. The number of carbonyl (C=O) groups is 1. The van der Waals surface area contributed by atoms with Gasteiger partial charge in [-0.1, -0.05) is 36.4 Å². The third-order valence-corrected chi connectivity index (χ3v) is 2.62. The first-order chi connectivity index (χ1) is 8.59. The summed E-state index contributed by atoms with van der Waals surface area (Å²) in [5.74, 6) is -1.13. The Morgan fingerprint density at radius 2 is 1.72 bits per heavy atom. The molecule has 0 aromatic heterocycles. The van der Waals surface area contributed by atoms with Gasteiger partial charge in [-0.3, -0.25) is 0 Å². The summed E-state index contributed by atoms with van der Waals surface area (Å²) in [5.41, 5.74) is 0.672. The summed E-state index contributed by atoms with van der Waals surface area (Å²) in [5, 5.41) is 8.90. The molecule has 2 aromatic rings. The smallest absolute Gasteiger partial charge is 0.335 e. The average molecular weight is 248 g/mol. The van der Waals surface area contributed by atoms with Crippen LogP contribution in [0.4, 0.5) is 8.78 Å². The second-order valence-electron chi connectivity index (χ2n) is 3.77. The van der Waals surface area contributed by atoms with E-state index in [0.29, 0.717) is 5.56 Å². The highest BCUT2D eigenvalue weighted by atomic mass is 19.3. The minimum absolute atomic E-state index is 0.00162. The maximum atomic E-state index is 12.9. The molecule has 0 radical (unpaired) electrons. The molecule has 0 aliphatic rings. The lowest BCUT2D eigenvalue weighted by Gasteiger charge is -2.10. The number of alkyl halides is 2. The van der Waals surface area contributed by atoms with Crippen LogP contribution in [0, 0.1) is 0 Å². The minimum atomic E-state index is -2.64. The number of hydrogen-bond donors (Lipinski definition) is 1. The highest BCUT2D eigenvalue weighted by molar-refractivity contribution is 5.90. The Bertz CT molecular complexity index is 565. The largest absolute Gasteiger partial charge is 0.478 e. The number of carboxylic acids is 1. The fourth-order valence-corrected chi connectivity index (χ4v) is 1.75. The molecule has 0 aliphatic heterocycles. The van der Waals surface area contributed by atoms with Gasteiger partial charge in [0.1, 0.15) is 0 Å². The van der Waals surface area contributed by atoms with Crippen LogP contribution < -0.4 is 0 Å². The summed E-state index contributed by atoms with van der Waals surface area (Å²) in [6.07, 6.45) is -2.64. The Hall–Kier alpha value is -2.23. The zero-order valence-corrected chi connectivity index (χ0v) is 9.31. The van der Waals surface area contributed by atoms with Crippen LogP contribution in [0.25, 0.3) is 11.1 Å². The van der Waals surface area contributed by atoms with E-state index < -0.39 is 12.4 Å². The molecular weight excluding hydrogens is 238 g/mol. The zero-order chi connectivity index (χ0) is 13.1. The van der Waals surface area contributed by atoms with E-state index in [0.717, 1.165) is 6.07 Å². The number of rotatable bonds is 3. The van der Waals surface area contributed by atoms with E-state index in [2.05, 4.69) is 0 Å². The fourth-order valence-electron chi connectivity index (χ4n) is 1.75. The summed E-state index contributed by atoms with van der Waals surface area (Å²) < 4.78 is 25.8. The topological polar surface area (TPSA) is 37.3 Å². The van der Waals surface area contributed by atoms with E-state index in [1.807, 2.05) is 0 Å². The van der Waals surface area contributed by atoms with Gasteiger partial charge < -0.3 is 5.11 Å². The summed E-state index contributed by atoms with van der Waals surface area (Å²) in [4.78, 5) is 10.9. The van der Waals surface area contributed by atoms with Gasteiger partial charge in [0.15, 0.2) is 0 Å². The minimum Gasteiger partial charge on any atom is -0.478 e. The molecule has 0 saturated carbocycles. The summed E-state index contributed by atoms with van der Waals surface area (Å²) in [7, 11) is 0. The van der Waals surface area contributed by atoms with Gasteiger partial charge >= 0.3 is 5.97 Å².